The SMILES string of the molecule is Cc1nc(-c2cccs2)sc1C(=O)Nc1cccc(CS(N)(=O)=O)c1. The third kappa shape index (κ3) is 4.51. The number of aryl methyl sites for hydroxylation is 1. The maximum Gasteiger partial charge on any atom is 0.267 e. The minimum Gasteiger partial charge on any atom is -0.321 e. The molecule has 0 fully saturated rings. The van der Waals surface area contributed by atoms with E-state index in [0.717, 1.165) is 9.88 Å². The maximum atomic E-state index is 12.5. The Bertz CT molecular complexity index is 1010. The Morgan fingerprint density at radius 3 is 2.76 bits per heavy atom. The highest BCUT2D eigenvalue weighted by Gasteiger charge is 2.17. The van der Waals surface area contributed by atoms with Gasteiger partial charge in [0.1, 0.15) is 9.88 Å². The third-order valence-corrected chi connectivity index (χ3v) is 6.22. The summed E-state index contributed by atoms with van der Waals surface area (Å²) in [4.78, 5) is 18.5. The number of primary sulfonamides is 1. The van der Waals surface area contributed by atoms with E-state index in [4.69, 9.17) is 5.14 Å². The standard InChI is InChI=1S/C16H15N3O3S3/c1-10-14(24-16(18-10)13-6-3-7-23-13)15(20)19-12-5-2-4-11(8-12)9-25(17,21)22/h2-8H,9H2,1H3,(H,19,20)(H2,17,21,22). The van der Waals surface area contributed by atoms with Crippen LogP contribution in [-0.4, -0.2) is 19.3 Å². The number of thiazole rings is 1. The highest BCUT2D eigenvalue weighted by Crippen LogP contribution is 2.31. The number of anilines is 1. The lowest BCUT2D eigenvalue weighted by Crippen LogP contribution is -2.15. The number of carbonyl (C=O) groups excluding carboxylic acids is 1. The second-order valence-electron chi connectivity index (χ2n) is 5.37. The highest BCUT2D eigenvalue weighted by atomic mass is 32.2. The molecule has 0 atom stereocenters. The van der Waals surface area contributed by atoms with E-state index >= 15 is 0 Å². The van der Waals surface area contributed by atoms with Gasteiger partial charge in [-0.3, -0.25) is 4.79 Å². The van der Waals surface area contributed by atoms with E-state index in [1.54, 1.807) is 42.5 Å². The van der Waals surface area contributed by atoms with Gasteiger partial charge in [-0.05, 0) is 36.1 Å². The summed E-state index contributed by atoms with van der Waals surface area (Å²) in [5, 5.41) is 10.6. The normalized spacial score (nSPS) is 11.4. The van der Waals surface area contributed by atoms with Gasteiger partial charge in [0.15, 0.2) is 0 Å². The van der Waals surface area contributed by atoms with Gasteiger partial charge in [0, 0.05) is 5.69 Å². The van der Waals surface area contributed by atoms with E-state index in [1.165, 1.54) is 11.3 Å². The number of amides is 1. The first-order valence-corrected chi connectivity index (χ1v) is 10.6. The van der Waals surface area contributed by atoms with Gasteiger partial charge in [-0.1, -0.05) is 18.2 Å². The summed E-state index contributed by atoms with van der Waals surface area (Å²) in [5.41, 5.74) is 1.68. The van der Waals surface area contributed by atoms with Crippen molar-refractivity contribution < 1.29 is 13.2 Å². The summed E-state index contributed by atoms with van der Waals surface area (Å²) in [5.74, 6) is -0.552. The molecule has 0 unspecified atom stereocenters. The van der Waals surface area contributed by atoms with Crippen molar-refractivity contribution >= 4 is 44.3 Å². The lowest BCUT2D eigenvalue weighted by atomic mass is 10.2. The Hall–Kier alpha value is -2.07. The fraction of sp³-hybridized carbons (Fsp3) is 0.125. The quantitative estimate of drug-likeness (QED) is 0.695. The van der Waals surface area contributed by atoms with Crippen molar-refractivity contribution in [2.45, 2.75) is 12.7 Å². The van der Waals surface area contributed by atoms with Crippen LogP contribution in [0.3, 0.4) is 0 Å². The Kier molecular flexibility index (Phi) is 5.00. The zero-order valence-corrected chi connectivity index (χ0v) is 15.7. The van der Waals surface area contributed by atoms with E-state index < -0.39 is 10.0 Å². The molecule has 0 aliphatic rings. The Balaban J connectivity index is 1.80. The first kappa shape index (κ1) is 17.7. The van der Waals surface area contributed by atoms with Crippen LogP contribution in [0.2, 0.25) is 0 Å². The van der Waals surface area contributed by atoms with E-state index in [2.05, 4.69) is 10.3 Å². The fourth-order valence-corrected chi connectivity index (χ4v) is 4.67. The maximum absolute atomic E-state index is 12.5. The molecule has 0 bridgehead atoms. The largest absolute Gasteiger partial charge is 0.321 e. The van der Waals surface area contributed by atoms with E-state index in [1.807, 2.05) is 17.5 Å². The smallest absolute Gasteiger partial charge is 0.267 e. The number of hydrogen-bond donors (Lipinski definition) is 2. The van der Waals surface area contributed by atoms with Crippen molar-refractivity contribution in [3.05, 3.63) is 57.9 Å². The van der Waals surface area contributed by atoms with Crippen molar-refractivity contribution in [2.24, 2.45) is 5.14 Å². The molecule has 2 heterocycles. The Morgan fingerprint density at radius 1 is 1.28 bits per heavy atom. The van der Waals surface area contributed by atoms with Crippen LogP contribution < -0.4 is 10.5 Å². The van der Waals surface area contributed by atoms with Crippen LogP contribution in [0.5, 0.6) is 0 Å². The highest BCUT2D eigenvalue weighted by molar-refractivity contribution is 7.88. The molecule has 3 rings (SSSR count). The molecule has 0 aliphatic carbocycles. The molecule has 0 radical (unpaired) electrons. The topological polar surface area (TPSA) is 102 Å². The van der Waals surface area contributed by atoms with Gasteiger partial charge >= 0.3 is 0 Å². The van der Waals surface area contributed by atoms with Crippen LogP contribution in [0.1, 0.15) is 20.9 Å². The number of nitrogens with two attached hydrogens (primary N) is 1. The molecule has 2 aromatic heterocycles. The Labute approximate surface area is 153 Å². The molecule has 3 N–H and O–H groups in total. The number of benzene rings is 1. The number of rotatable bonds is 5. The summed E-state index contributed by atoms with van der Waals surface area (Å²) in [6.07, 6.45) is 0. The second-order valence-corrected chi connectivity index (χ2v) is 8.93. The van der Waals surface area contributed by atoms with Crippen molar-refractivity contribution in [2.75, 3.05) is 5.32 Å². The molecular weight excluding hydrogens is 378 g/mol. The van der Waals surface area contributed by atoms with Crippen molar-refractivity contribution in [3.63, 3.8) is 0 Å². The average Bonchev–Trinajstić information content (AvgIpc) is 3.14. The second kappa shape index (κ2) is 7.04. The lowest BCUT2D eigenvalue weighted by Gasteiger charge is -2.06. The predicted octanol–water partition coefficient (Wildman–Crippen LogP) is 3.22. The summed E-state index contributed by atoms with van der Waals surface area (Å²) in [6, 6.07) is 10.5. The molecule has 6 nitrogen and oxygen atoms in total. The predicted molar refractivity (Wildman–Crippen MR) is 101 cm³/mol. The van der Waals surface area contributed by atoms with Gasteiger partial charge in [-0.15, -0.1) is 22.7 Å². The van der Waals surface area contributed by atoms with Crippen LogP contribution in [0.4, 0.5) is 5.69 Å². The summed E-state index contributed by atoms with van der Waals surface area (Å²) in [6.45, 7) is 1.79. The number of thiophene rings is 1. The van der Waals surface area contributed by atoms with Crippen molar-refractivity contribution in [1.29, 1.82) is 0 Å². The summed E-state index contributed by atoms with van der Waals surface area (Å²) in [7, 11) is -3.62. The minimum absolute atomic E-state index is 0.273. The molecule has 0 spiro atoms. The number of aromatic nitrogens is 1. The van der Waals surface area contributed by atoms with Gasteiger partial charge in [0.25, 0.3) is 5.91 Å². The Morgan fingerprint density at radius 2 is 2.08 bits per heavy atom. The number of nitrogens with one attached hydrogen (secondary N) is 1. The van der Waals surface area contributed by atoms with Crippen molar-refractivity contribution in [3.8, 4) is 9.88 Å². The van der Waals surface area contributed by atoms with E-state index in [-0.39, 0.29) is 11.7 Å². The van der Waals surface area contributed by atoms with E-state index in [9.17, 15) is 13.2 Å². The molecule has 0 aliphatic heterocycles. The van der Waals surface area contributed by atoms with Gasteiger partial charge in [0.05, 0.1) is 16.3 Å². The molecule has 130 valence electrons. The van der Waals surface area contributed by atoms with Crippen LogP contribution in [0.25, 0.3) is 9.88 Å². The molecule has 1 aromatic carbocycles. The number of nitrogens with zero attached hydrogens (tertiary/aromatic N) is 1. The fourth-order valence-electron chi connectivity index (χ4n) is 2.27. The third-order valence-electron chi connectivity index (χ3n) is 3.29. The van der Waals surface area contributed by atoms with E-state index in [0.29, 0.717) is 21.8 Å². The molecule has 1 amide bonds. The van der Waals surface area contributed by atoms with Crippen LogP contribution in [0.15, 0.2) is 41.8 Å². The molecule has 0 saturated heterocycles. The molecular formula is C16H15N3O3S3. The monoisotopic (exact) mass is 393 g/mol. The lowest BCUT2D eigenvalue weighted by molar-refractivity contribution is 0.103. The van der Waals surface area contributed by atoms with Gasteiger partial charge in [0.2, 0.25) is 10.0 Å². The first-order chi connectivity index (χ1) is 11.8. The molecule has 25 heavy (non-hydrogen) atoms. The first-order valence-electron chi connectivity index (χ1n) is 7.24. The molecule has 0 saturated carbocycles. The summed E-state index contributed by atoms with van der Waals surface area (Å²) >= 11 is 2.90. The minimum atomic E-state index is -3.62. The number of sulfonamides is 1. The molecule has 9 heteroatoms. The zero-order chi connectivity index (χ0) is 18.0. The van der Waals surface area contributed by atoms with Gasteiger partial charge < -0.3 is 5.32 Å². The van der Waals surface area contributed by atoms with Gasteiger partial charge in [-0.25, -0.2) is 18.5 Å². The summed E-state index contributed by atoms with van der Waals surface area (Å²) < 4.78 is 22.4. The van der Waals surface area contributed by atoms with Gasteiger partial charge in [-0.2, -0.15) is 0 Å². The average molecular weight is 394 g/mol. The zero-order valence-electron chi connectivity index (χ0n) is 13.2. The number of hydrogen-bond acceptors (Lipinski definition) is 6. The number of carbonyl (C=O) groups is 1. The van der Waals surface area contributed by atoms with Crippen LogP contribution in [0, 0.1) is 6.92 Å². The molecule has 3 aromatic rings. The van der Waals surface area contributed by atoms with Crippen molar-refractivity contribution in [1.82, 2.24) is 4.98 Å². The van der Waals surface area contributed by atoms with Crippen LogP contribution >= 0.6 is 22.7 Å². The van der Waals surface area contributed by atoms with Crippen LogP contribution in [-0.2, 0) is 15.8 Å².